The number of aliphatic hydroxyl groups is 1. The van der Waals surface area contributed by atoms with E-state index < -0.39 is 12.4 Å². The molecule has 2 aromatic rings. The molecule has 0 spiro atoms. The van der Waals surface area contributed by atoms with Gasteiger partial charge in [0.2, 0.25) is 0 Å². The smallest absolute Gasteiger partial charge is 0.162 e. The van der Waals surface area contributed by atoms with Crippen molar-refractivity contribution in [2.75, 3.05) is 13.7 Å². The molecule has 1 heterocycles. The molecule has 1 fully saturated rings. The average Bonchev–Trinajstić information content (AvgIpc) is 2.73. The van der Waals surface area contributed by atoms with Crippen LogP contribution in [0.2, 0.25) is 0 Å². The number of rotatable bonds is 8. The minimum absolute atomic E-state index is 0.0396. The van der Waals surface area contributed by atoms with Crippen LogP contribution in [0.25, 0.3) is 0 Å². The standard InChI is InChI=1S/C22H28O5/c1-16-20(25-14-17-9-5-3-6-10-17)21(19(13-23)27-22(16)24-2)26-15-18-11-7-4-8-12-18/h3-12,16,19-23H,13-15H2,1-2H3/t16?,19?,20-,21+,22+/m0/s1. The summed E-state index contributed by atoms with van der Waals surface area (Å²) in [5.41, 5.74) is 2.16. The number of hydrogen-bond donors (Lipinski definition) is 1. The molecule has 27 heavy (non-hydrogen) atoms. The van der Waals surface area contributed by atoms with Gasteiger partial charge in [0.1, 0.15) is 12.2 Å². The Bertz CT molecular complexity index is 663. The number of hydrogen-bond acceptors (Lipinski definition) is 5. The second-order valence-corrected chi connectivity index (χ2v) is 6.84. The quantitative estimate of drug-likeness (QED) is 0.771. The predicted molar refractivity (Wildman–Crippen MR) is 102 cm³/mol. The Morgan fingerprint density at radius 2 is 1.37 bits per heavy atom. The summed E-state index contributed by atoms with van der Waals surface area (Å²) >= 11 is 0. The third-order valence-corrected chi connectivity index (χ3v) is 4.93. The Labute approximate surface area is 160 Å². The van der Waals surface area contributed by atoms with Crippen LogP contribution < -0.4 is 0 Å². The van der Waals surface area contributed by atoms with Gasteiger partial charge < -0.3 is 24.1 Å². The monoisotopic (exact) mass is 372 g/mol. The molecular formula is C22H28O5. The van der Waals surface area contributed by atoms with Crippen molar-refractivity contribution >= 4 is 0 Å². The van der Waals surface area contributed by atoms with E-state index in [-0.39, 0.29) is 24.7 Å². The van der Waals surface area contributed by atoms with Crippen molar-refractivity contribution in [3.05, 3.63) is 71.8 Å². The van der Waals surface area contributed by atoms with Gasteiger partial charge in [0, 0.05) is 13.0 Å². The molecule has 0 saturated carbocycles. The number of benzene rings is 2. The Hall–Kier alpha value is -1.76. The van der Waals surface area contributed by atoms with E-state index in [2.05, 4.69) is 0 Å². The van der Waals surface area contributed by atoms with E-state index in [1.807, 2.05) is 67.6 Å². The molecule has 5 heteroatoms. The zero-order valence-electron chi connectivity index (χ0n) is 15.9. The molecule has 3 rings (SSSR count). The lowest BCUT2D eigenvalue weighted by atomic mass is 9.92. The van der Waals surface area contributed by atoms with Gasteiger partial charge in [-0.2, -0.15) is 0 Å². The fraction of sp³-hybridized carbons (Fsp3) is 0.455. The van der Waals surface area contributed by atoms with Crippen LogP contribution in [-0.4, -0.2) is 43.4 Å². The van der Waals surface area contributed by atoms with E-state index in [9.17, 15) is 5.11 Å². The molecule has 1 saturated heterocycles. The van der Waals surface area contributed by atoms with Crippen molar-refractivity contribution in [1.29, 1.82) is 0 Å². The fourth-order valence-electron chi connectivity index (χ4n) is 3.44. The van der Waals surface area contributed by atoms with E-state index in [0.717, 1.165) is 11.1 Å². The maximum atomic E-state index is 9.85. The molecule has 146 valence electrons. The van der Waals surface area contributed by atoms with Crippen molar-refractivity contribution in [3.8, 4) is 0 Å². The molecule has 1 N–H and O–H groups in total. The number of methoxy groups -OCH3 is 1. The number of aliphatic hydroxyl groups excluding tert-OH is 1. The molecule has 2 unspecified atom stereocenters. The van der Waals surface area contributed by atoms with Crippen molar-refractivity contribution in [3.63, 3.8) is 0 Å². The summed E-state index contributed by atoms with van der Waals surface area (Å²) in [5, 5.41) is 9.85. The van der Waals surface area contributed by atoms with Gasteiger partial charge in [0.05, 0.1) is 25.9 Å². The van der Waals surface area contributed by atoms with Gasteiger partial charge in [-0.15, -0.1) is 0 Å². The van der Waals surface area contributed by atoms with Gasteiger partial charge in [-0.25, -0.2) is 0 Å². The molecule has 0 bridgehead atoms. The van der Waals surface area contributed by atoms with E-state index >= 15 is 0 Å². The Morgan fingerprint density at radius 1 is 0.852 bits per heavy atom. The molecule has 0 amide bonds. The second-order valence-electron chi connectivity index (χ2n) is 6.84. The largest absolute Gasteiger partial charge is 0.394 e. The fourth-order valence-corrected chi connectivity index (χ4v) is 3.44. The zero-order valence-corrected chi connectivity index (χ0v) is 15.9. The summed E-state index contributed by atoms with van der Waals surface area (Å²) in [6.45, 7) is 2.77. The van der Waals surface area contributed by atoms with Crippen molar-refractivity contribution in [1.82, 2.24) is 0 Å². The minimum Gasteiger partial charge on any atom is -0.394 e. The van der Waals surface area contributed by atoms with Crippen LogP contribution >= 0.6 is 0 Å². The van der Waals surface area contributed by atoms with Crippen molar-refractivity contribution in [2.24, 2.45) is 5.92 Å². The highest BCUT2D eigenvalue weighted by Crippen LogP contribution is 2.31. The third-order valence-electron chi connectivity index (χ3n) is 4.93. The lowest BCUT2D eigenvalue weighted by Crippen LogP contribution is -2.57. The molecular weight excluding hydrogens is 344 g/mol. The van der Waals surface area contributed by atoms with Crippen molar-refractivity contribution in [2.45, 2.75) is 44.7 Å². The number of ether oxygens (including phenoxy) is 4. The van der Waals surface area contributed by atoms with E-state index in [4.69, 9.17) is 18.9 Å². The first-order valence-electron chi connectivity index (χ1n) is 9.33. The van der Waals surface area contributed by atoms with Gasteiger partial charge in [-0.3, -0.25) is 0 Å². The topological polar surface area (TPSA) is 57.2 Å². The van der Waals surface area contributed by atoms with Gasteiger partial charge in [0.25, 0.3) is 0 Å². The van der Waals surface area contributed by atoms with Crippen LogP contribution in [0.15, 0.2) is 60.7 Å². The Balaban J connectivity index is 1.73. The molecule has 1 aliphatic rings. The van der Waals surface area contributed by atoms with Crippen LogP contribution in [0, 0.1) is 5.92 Å². The molecule has 0 aliphatic carbocycles. The molecule has 0 aromatic heterocycles. The van der Waals surface area contributed by atoms with Gasteiger partial charge in [-0.1, -0.05) is 67.6 Å². The lowest BCUT2D eigenvalue weighted by molar-refractivity contribution is -0.293. The van der Waals surface area contributed by atoms with Crippen LogP contribution in [0.4, 0.5) is 0 Å². The second kappa shape index (κ2) is 9.97. The SMILES string of the molecule is CO[C@@H]1OC(CO)[C@@H](OCc2ccccc2)[C@@H](OCc2ccccc2)C1C. The van der Waals surface area contributed by atoms with Gasteiger partial charge in [0.15, 0.2) is 6.29 Å². The first-order chi connectivity index (χ1) is 13.2. The van der Waals surface area contributed by atoms with Gasteiger partial charge in [-0.05, 0) is 11.1 Å². The molecule has 2 aromatic carbocycles. The Kier molecular flexibility index (Phi) is 7.38. The molecule has 5 nitrogen and oxygen atoms in total. The molecule has 0 radical (unpaired) electrons. The van der Waals surface area contributed by atoms with Gasteiger partial charge >= 0.3 is 0 Å². The first kappa shape index (κ1) is 20.0. The summed E-state index contributed by atoms with van der Waals surface area (Å²) in [7, 11) is 1.61. The highest BCUT2D eigenvalue weighted by Gasteiger charge is 2.45. The van der Waals surface area contributed by atoms with E-state index in [1.54, 1.807) is 7.11 Å². The molecule has 5 atom stereocenters. The van der Waals surface area contributed by atoms with Crippen LogP contribution in [0.3, 0.4) is 0 Å². The van der Waals surface area contributed by atoms with Crippen LogP contribution in [0.1, 0.15) is 18.1 Å². The highest BCUT2D eigenvalue weighted by atomic mass is 16.7. The minimum atomic E-state index is -0.504. The first-order valence-corrected chi connectivity index (χ1v) is 9.33. The summed E-state index contributed by atoms with van der Waals surface area (Å²) in [4.78, 5) is 0. The maximum Gasteiger partial charge on any atom is 0.162 e. The summed E-state index contributed by atoms with van der Waals surface area (Å²) in [6.07, 6.45) is -1.60. The summed E-state index contributed by atoms with van der Waals surface area (Å²) < 4.78 is 23.8. The Morgan fingerprint density at radius 3 is 1.85 bits per heavy atom. The third kappa shape index (κ3) is 5.15. The summed E-state index contributed by atoms with van der Waals surface area (Å²) in [5.74, 6) is -0.0396. The zero-order chi connectivity index (χ0) is 19.1. The van der Waals surface area contributed by atoms with Crippen LogP contribution in [0.5, 0.6) is 0 Å². The van der Waals surface area contributed by atoms with Crippen LogP contribution in [-0.2, 0) is 32.2 Å². The summed E-state index contributed by atoms with van der Waals surface area (Å²) in [6, 6.07) is 20.0. The lowest BCUT2D eigenvalue weighted by Gasteiger charge is -2.44. The van der Waals surface area contributed by atoms with E-state index in [0.29, 0.717) is 13.2 Å². The normalized spacial score (nSPS) is 28.2. The highest BCUT2D eigenvalue weighted by molar-refractivity contribution is 5.14. The average molecular weight is 372 g/mol. The maximum absolute atomic E-state index is 9.85. The van der Waals surface area contributed by atoms with E-state index in [1.165, 1.54) is 0 Å². The predicted octanol–water partition coefficient (Wildman–Crippen LogP) is 3.16. The molecule has 1 aliphatic heterocycles. The van der Waals surface area contributed by atoms with Crippen molar-refractivity contribution < 1.29 is 24.1 Å².